The van der Waals surface area contributed by atoms with Crippen molar-refractivity contribution < 1.29 is 14.3 Å². The summed E-state index contributed by atoms with van der Waals surface area (Å²) in [6.07, 6.45) is 2.47. The van der Waals surface area contributed by atoms with Gasteiger partial charge in [0.1, 0.15) is 5.60 Å². The van der Waals surface area contributed by atoms with Crippen LogP contribution in [0.5, 0.6) is 0 Å². The second kappa shape index (κ2) is 10.1. The molecule has 1 N–H and O–H groups in total. The first-order valence-electron chi connectivity index (χ1n) is 12.5. The van der Waals surface area contributed by atoms with Gasteiger partial charge in [0.15, 0.2) is 0 Å². The van der Waals surface area contributed by atoms with Crippen LogP contribution in [0.15, 0.2) is 60.8 Å². The third kappa shape index (κ3) is 6.05. The Labute approximate surface area is 208 Å². The summed E-state index contributed by atoms with van der Waals surface area (Å²) in [5.74, 6) is 0.416. The Hall–Kier alpha value is -3.28. The molecule has 35 heavy (non-hydrogen) atoms. The first kappa shape index (κ1) is 24.8. The van der Waals surface area contributed by atoms with Crippen molar-refractivity contribution in [3.05, 3.63) is 71.9 Å². The second-order valence-electron chi connectivity index (χ2n) is 10.9. The van der Waals surface area contributed by atoms with Gasteiger partial charge in [-0.1, -0.05) is 36.4 Å². The first-order valence-corrected chi connectivity index (χ1v) is 12.5. The van der Waals surface area contributed by atoms with Crippen LogP contribution in [0, 0.1) is 11.8 Å². The van der Waals surface area contributed by atoms with Crippen molar-refractivity contribution in [3.63, 3.8) is 0 Å². The van der Waals surface area contributed by atoms with Crippen molar-refractivity contribution >= 4 is 22.9 Å². The third-order valence-corrected chi connectivity index (χ3v) is 6.69. The predicted octanol–water partition coefficient (Wildman–Crippen LogP) is 5.74. The van der Waals surface area contributed by atoms with E-state index < -0.39 is 5.60 Å². The molecular weight excluding hydrogens is 438 g/mol. The van der Waals surface area contributed by atoms with Crippen LogP contribution in [-0.4, -0.2) is 58.1 Å². The largest absolute Gasteiger partial charge is 0.444 e. The molecule has 2 aromatic carbocycles. The fourth-order valence-electron chi connectivity index (χ4n) is 4.90. The van der Waals surface area contributed by atoms with E-state index in [2.05, 4.69) is 31.0 Å². The molecule has 1 fully saturated rings. The minimum absolute atomic E-state index is 0.0191. The summed E-state index contributed by atoms with van der Waals surface area (Å²) in [7, 11) is 0. The average Bonchev–Trinajstić information content (AvgIpc) is 3.43. The lowest BCUT2D eigenvalue weighted by molar-refractivity contribution is 0.0282. The Morgan fingerprint density at radius 2 is 1.77 bits per heavy atom. The number of nitrogens with one attached hydrogen (secondary N) is 1. The standard InChI is InChI=1S/C29H37N3O3/c1-20(2)32(27(33)23-12-11-22-13-14-30-26(22)16-23)19-25-18-31(28(34)35-29(3,4)5)17-24(25)15-21-9-7-6-8-10-21/h6-14,16,20,24-25,30H,15,17-19H2,1-5H3/t24-,25+/m0/s1. The average molecular weight is 476 g/mol. The van der Waals surface area contributed by atoms with Gasteiger partial charge in [-0.2, -0.15) is 0 Å². The van der Waals surface area contributed by atoms with E-state index in [0.29, 0.717) is 25.2 Å². The molecule has 1 aliphatic heterocycles. The Bertz CT molecular complexity index is 1160. The van der Waals surface area contributed by atoms with Gasteiger partial charge in [0.2, 0.25) is 0 Å². The highest BCUT2D eigenvalue weighted by Gasteiger charge is 2.39. The lowest BCUT2D eigenvalue weighted by Gasteiger charge is -2.31. The van der Waals surface area contributed by atoms with Crippen molar-refractivity contribution in [1.82, 2.24) is 14.8 Å². The lowest BCUT2D eigenvalue weighted by atomic mass is 9.89. The summed E-state index contributed by atoms with van der Waals surface area (Å²) >= 11 is 0. The molecule has 0 saturated carbocycles. The number of likely N-dealkylation sites (tertiary alicyclic amines) is 1. The third-order valence-electron chi connectivity index (χ3n) is 6.69. The highest BCUT2D eigenvalue weighted by molar-refractivity contribution is 5.98. The summed E-state index contributed by atoms with van der Waals surface area (Å²) in [5.41, 5.74) is 2.34. The van der Waals surface area contributed by atoms with E-state index in [4.69, 9.17) is 4.74 Å². The van der Waals surface area contributed by atoms with Crippen LogP contribution in [-0.2, 0) is 11.2 Å². The molecule has 2 heterocycles. The molecule has 2 atom stereocenters. The van der Waals surface area contributed by atoms with Crippen LogP contribution >= 0.6 is 0 Å². The fourth-order valence-corrected chi connectivity index (χ4v) is 4.90. The number of amides is 2. The number of aromatic amines is 1. The molecule has 0 spiro atoms. The zero-order valence-electron chi connectivity index (χ0n) is 21.5. The van der Waals surface area contributed by atoms with Crippen molar-refractivity contribution in [2.45, 2.75) is 52.7 Å². The van der Waals surface area contributed by atoms with Gasteiger partial charge in [-0.05, 0) is 82.0 Å². The van der Waals surface area contributed by atoms with Gasteiger partial charge < -0.3 is 19.5 Å². The summed E-state index contributed by atoms with van der Waals surface area (Å²) in [6.45, 7) is 11.6. The normalized spacial score (nSPS) is 18.3. The van der Waals surface area contributed by atoms with E-state index in [-0.39, 0.29) is 29.9 Å². The minimum Gasteiger partial charge on any atom is -0.444 e. The molecule has 186 valence electrons. The molecule has 0 aliphatic carbocycles. The molecule has 0 unspecified atom stereocenters. The SMILES string of the molecule is CC(C)N(C[C@H]1CN(C(=O)OC(C)(C)C)C[C@@H]1Cc1ccccc1)C(=O)c1ccc2cc[nH]c2c1. The van der Waals surface area contributed by atoms with Gasteiger partial charge in [-0.3, -0.25) is 4.79 Å². The van der Waals surface area contributed by atoms with Gasteiger partial charge in [0, 0.05) is 43.0 Å². The number of hydrogen-bond acceptors (Lipinski definition) is 3. The van der Waals surface area contributed by atoms with Crippen LogP contribution in [0.25, 0.3) is 10.9 Å². The van der Waals surface area contributed by atoms with Crippen molar-refractivity contribution in [2.75, 3.05) is 19.6 Å². The lowest BCUT2D eigenvalue weighted by Crippen LogP contribution is -2.42. The Morgan fingerprint density at radius 3 is 2.46 bits per heavy atom. The Morgan fingerprint density at radius 1 is 1.06 bits per heavy atom. The van der Waals surface area contributed by atoms with Gasteiger partial charge in [-0.15, -0.1) is 0 Å². The maximum Gasteiger partial charge on any atom is 0.410 e. The quantitative estimate of drug-likeness (QED) is 0.494. The van der Waals surface area contributed by atoms with E-state index in [1.165, 1.54) is 5.56 Å². The van der Waals surface area contributed by atoms with E-state index in [9.17, 15) is 9.59 Å². The van der Waals surface area contributed by atoms with E-state index >= 15 is 0 Å². The Kier molecular flexibility index (Phi) is 7.20. The molecule has 4 rings (SSSR count). The zero-order valence-corrected chi connectivity index (χ0v) is 21.5. The summed E-state index contributed by atoms with van der Waals surface area (Å²) in [4.78, 5) is 33.5. The predicted molar refractivity (Wildman–Crippen MR) is 139 cm³/mol. The molecule has 1 aliphatic rings. The van der Waals surface area contributed by atoms with Gasteiger partial charge >= 0.3 is 6.09 Å². The van der Waals surface area contributed by atoms with Crippen LogP contribution in [0.2, 0.25) is 0 Å². The molecule has 6 nitrogen and oxygen atoms in total. The molecule has 0 radical (unpaired) electrons. The molecule has 6 heteroatoms. The summed E-state index contributed by atoms with van der Waals surface area (Å²) in [6, 6.07) is 18.2. The van der Waals surface area contributed by atoms with Crippen molar-refractivity contribution in [3.8, 4) is 0 Å². The van der Waals surface area contributed by atoms with Crippen molar-refractivity contribution in [1.29, 1.82) is 0 Å². The smallest absolute Gasteiger partial charge is 0.410 e. The second-order valence-corrected chi connectivity index (χ2v) is 10.9. The minimum atomic E-state index is -0.541. The highest BCUT2D eigenvalue weighted by atomic mass is 16.6. The molecule has 2 amide bonds. The molecular formula is C29H37N3O3. The number of nitrogens with zero attached hydrogens (tertiary/aromatic N) is 2. The number of carbonyl (C=O) groups excluding carboxylic acids is 2. The zero-order chi connectivity index (χ0) is 25.2. The van der Waals surface area contributed by atoms with E-state index in [1.54, 1.807) is 0 Å². The number of fused-ring (bicyclic) bond motifs is 1. The van der Waals surface area contributed by atoms with Crippen LogP contribution in [0.1, 0.15) is 50.5 Å². The molecule has 0 bridgehead atoms. The molecule has 1 aromatic heterocycles. The fraction of sp³-hybridized carbons (Fsp3) is 0.448. The number of rotatable bonds is 6. The van der Waals surface area contributed by atoms with Crippen LogP contribution in [0.3, 0.4) is 0 Å². The Balaban J connectivity index is 1.55. The highest BCUT2D eigenvalue weighted by Crippen LogP contribution is 2.30. The van der Waals surface area contributed by atoms with Gasteiger partial charge in [0.25, 0.3) is 5.91 Å². The van der Waals surface area contributed by atoms with Gasteiger partial charge in [0.05, 0.1) is 0 Å². The van der Waals surface area contributed by atoms with Crippen LogP contribution in [0.4, 0.5) is 4.79 Å². The molecule has 1 saturated heterocycles. The number of benzene rings is 2. The number of hydrogen-bond donors (Lipinski definition) is 1. The maximum absolute atomic E-state index is 13.6. The van der Waals surface area contributed by atoms with E-state index in [1.807, 2.05) is 79.2 Å². The number of H-pyrrole nitrogens is 1. The van der Waals surface area contributed by atoms with Crippen LogP contribution < -0.4 is 0 Å². The topological polar surface area (TPSA) is 65.6 Å². The van der Waals surface area contributed by atoms with Gasteiger partial charge in [-0.25, -0.2) is 4.79 Å². The van der Waals surface area contributed by atoms with E-state index in [0.717, 1.165) is 17.3 Å². The first-order chi connectivity index (χ1) is 16.6. The van der Waals surface area contributed by atoms with Crippen molar-refractivity contribution in [2.24, 2.45) is 11.8 Å². The number of aromatic nitrogens is 1. The number of carbonyl (C=O) groups is 2. The number of ether oxygens (including phenoxy) is 1. The maximum atomic E-state index is 13.6. The summed E-state index contributed by atoms with van der Waals surface area (Å²) in [5, 5.41) is 1.09. The molecule has 3 aromatic rings. The summed E-state index contributed by atoms with van der Waals surface area (Å²) < 4.78 is 5.67. The monoisotopic (exact) mass is 475 g/mol.